The summed E-state index contributed by atoms with van der Waals surface area (Å²) in [6, 6.07) is 9.66. The van der Waals surface area contributed by atoms with Crippen LogP contribution in [0.3, 0.4) is 0 Å². The van der Waals surface area contributed by atoms with Gasteiger partial charge in [-0.15, -0.1) is 0 Å². The van der Waals surface area contributed by atoms with E-state index in [0.717, 1.165) is 12.6 Å². The van der Waals surface area contributed by atoms with Crippen LogP contribution < -0.4 is 5.32 Å². The van der Waals surface area contributed by atoms with E-state index in [0.29, 0.717) is 5.92 Å². The van der Waals surface area contributed by atoms with Gasteiger partial charge in [0.05, 0.1) is 0 Å². The lowest BCUT2D eigenvalue weighted by atomic mass is 10.0. The van der Waals surface area contributed by atoms with E-state index in [-0.39, 0.29) is 0 Å². The van der Waals surface area contributed by atoms with Crippen molar-refractivity contribution in [2.75, 3.05) is 44.6 Å². The van der Waals surface area contributed by atoms with Gasteiger partial charge in [0.25, 0.3) is 0 Å². The van der Waals surface area contributed by atoms with Crippen LogP contribution in [0.2, 0.25) is 0 Å². The van der Waals surface area contributed by atoms with Crippen molar-refractivity contribution in [2.45, 2.75) is 31.2 Å². The van der Waals surface area contributed by atoms with Crippen molar-refractivity contribution in [1.82, 2.24) is 9.80 Å². The first kappa shape index (κ1) is 12.7. The Bertz CT molecular complexity index is 467. The Hall–Kier alpha value is -1.06. The topological polar surface area (TPSA) is 18.5 Å². The molecule has 0 amide bonds. The SMILES string of the molecule is c1ccc2c(c1)NCC2CN1CCC(N2CCCC2)C1. The maximum absolute atomic E-state index is 3.55. The fraction of sp³-hybridized carbons (Fsp3) is 0.647. The predicted octanol–water partition coefficient (Wildman–Crippen LogP) is 2.37. The highest BCUT2D eigenvalue weighted by atomic mass is 15.3. The second-order valence-electron chi connectivity index (χ2n) is 6.61. The number of hydrogen-bond acceptors (Lipinski definition) is 3. The molecule has 0 saturated carbocycles. The number of nitrogens with one attached hydrogen (secondary N) is 1. The number of anilines is 1. The van der Waals surface area contributed by atoms with Crippen LogP contribution in [0.5, 0.6) is 0 Å². The molecule has 3 aliphatic heterocycles. The molecule has 4 rings (SSSR count). The molecule has 108 valence electrons. The maximum atomic E-state index is 3.55. The lowest BCUT2D eigenvalue weighted by molar-refractivity contribution is 0.229. The molecule has 0 radical (unpaired) electrons. The lowest BCUT2D eigenvalue weighted by Crippen LogP contribution is -2.36. The van der Waals surface area contributed by atoms with Gasteiger partial charge in [0.1, 0.15) is 0 Å². The zero-order valence-electron chi connectivity index (χ0n) is 12.2. The number of hydrogen-bond donors (Lipinski definition) is 1. The standard InChI is InChI=1S/C17H25N3/c1-2-6-17-16(5-1)14(11-18-17)12-19-10-7-15(13-19)20-8-3-4-9-20/h1-2,5-6,14-15,18H,3-4,7-13H2. The Labute approximate surface area is 121 Å². The average molecular weight is 271 g/mol. The molecule has 2 fully saturated rings. The van der Waals surface area contributed by atoms with Crippen LogP contribution in [0.4, 0.5) is 5.69 Å². The number of para-hydroxylation sites is 1. The molecule has 1 N–H and O–H groups in total. The van der Waals surface area contributed by atoms with Crippen LogP contribution in [-0.4, -0.2) is 55.1 Å². The van der Waals surface area contributed by atoms with Gasteiger partial charge in [-0.3, -0.25) is 4.90 Å². The first-order valence-corrected chi connectivity index (χ1v) is 8.19. The maximum Gasteiger partial charge on any atom is 0.0376 e. The van der Waals surface area contributed by atoms with Gasteiger partial charge in [-0.1, -0.05) is 18.2 Å². The van der Waals surface area contributed by atoms with Crippen molar-refractivity contribution in [3.8, 4) is 0 Å². The summed E-state index contributed by atoms with van der Waals surface area (Å²) in [5.41, 5.74) is 2.88. The van der Waals surface area contributed by atoms with Gasteiger partial charge in [0.2, 0.25) is 0 Å². The zero-order valence-corrected chi connectivity index (χ0v) is 12.2. The van der Waals surface area contributed by atoms with E-state index >= 15 is 0 Å². The molecule has 3 aliphatic rings. The van der Waals surface area contributed by atoms with Crippen LogP contribution in [0, 0.1) is 0 Å². The minimum absolute atomic E-state index is 0.684. The second kappa shape index (κ2) is 5.38. The molecule has 0 bridgehead atoms. The molecule has 1 aromatic carbocycles. The summed E-state index contributed by atoms with van der Waals surface area (Å²) in [6.45, 7) is 7.61. The van der Waals surface area contributed by atoms with Gasteiger partial charge in [-0.05, 0) is 50.5 Å². The molecule has 2 saturated heterocycles. The first-order valence-electron chi connectivity index (χ1n) is 8.19. The summed E-state index contributed by atoms with van der Waals surface area (Å²) < 4.78 is 0. The molecule has 3 heteroatoms. The van der Waals surface area contributed by atoms with Crippen molar-refractivity contribution in [3.05, 3.63) is 29.8 Å². The molecule has 0 aliphatic carbocycles. The summed E-state index contributed by atoms with van der Waals surface area (Å²) in [5, 5.41) is 3.55. The second-order valence-corrected chi connectivity index (χ2v) is 6.61. The van der Waals surface area contributed by atoms with Crippen LogP contribution in [0.15, 0.2) is 24.3 Å². The van der Waals surface area contributed by atoms with E-state index in [4.69, 9.17) is 0 Å². The van der Waals surface area contributed by atoms with Gasteiger partial charge in [0.15, 0.2) is 0 Å². The summed E-state index contributed by atoms with van der Waals surface area (Å²) in [5.74, 6) is 0.684. The fourth-order valence-corrected chi connectivity index (χ4v) is 4.21. The Morgan fingerprint density at radius 3 is 2.85 bits per heavy atom. The summed E-state index contributed by atoms with van der Waals surface area (Å²) in [7, 11) is 0. The van der Waals surface area contributed by atoms with Gasteiger partial charge in [-0.25, -0.2) is 0 Å². The minimum Gasteiger partial charge on any atom is -0.384 e. The van der Waals surface area contributed by atoms with E-state index in [1.807, 2.05) is 0 Å². The van der Waals surface area contributed by atoms with Crippen LogP contribution >= 0.6 is 0 Å². The van der Waals surface area contributed by atoms with E-state index in [1.54, 1.807) is 0 Å². The largest absolute Gasteiger partial charge is 0.384 e. The van der Waals surface area contributed by atoms with Crippen molar-refractivity contribution in [1.29, 1.82) is 0 Å². The van der Waals surface area contributed by atoms with Crippen molar-refractivity contribution >= 4 is 5.69 Å². The Morgan fingerprint density at radius 2 is 1.95 bits per heavy atom. The summed E-state index contributed by atoms with van der Waals surface area (Å²) in [4.78, 5) is 5.41. The Morgan fingerprint density at radius 1 is 1.10 bits per heavy atom. The molecule has 0 spiro atoms. The smallest absolute Gasteiger partial charge is 0.0376 e. The van der Waals surface area contributed by atoms with Gasteiger partial charge < -0.3 is 10.2 Å². The monoisotopic (exact) mass is 271 g/mol. The van der Waals surface area contributed by atoms with Gasteiger partial charge in [0, 0.05) is 37.3 Å². The molecule has 0 aromatic heterocycles. The molecule has 1 aromatic rings. The Kier molecular flexibility index (Phi) is 3.41. The number of benzene rings is 1. The minimum atomic E-state index is 0.684. The van der Waals surface area contributed by atoms with E-state index in [1.165, 1.54) is 63.2 Å². The molecular formula is C17H25N3. The number of fused-ring (bicyclic) bond motifs is 1. The number of rotatable bonds is 3. The predicted molar refractivity (Wildman–Crippen MR) is 83.3 cm³/mol. The van der Waals surface area contributed by atoms with Crippen molar-refractivity contribution in [3.63, 3.8) is 0 Å². The first-order chi connectivity index (χ1) is 9.90. The van der Waals surface area contributed by atoms with Crippen LogP contribution in [0.25, 0.3) is 0 Å². The molecule has 3 heterocycles. The zero-order chi connectivity index (χ0) is 13.4. The fourth-order valence-electron chi connectivity index (χ4n) is 4.21. The third kappa shape index (κ3) is 2.33. The highest BCUT2D eigenvalue weighted by Crippen LogP contribution is 2.32. The lowest BCUT2D eigenvalue weighted by Gasteiger charge is -2.25. The molecule has 3 nitrogen and oxygen atoms in total. The van der Waals surface area contributed by atoms with Crippen molar-refractivity contribution < 1.29 is 0 Å². The third-order valence-corrected chi connectivity index (χ3v) is 5.32. The van der Waals surface area contributed by atoms with Gasteiger partial charge in [-0.2, -0.15) is 0 Å². The van der Waals surface area contributed by atoms with Crippen molar-refractivity contribution in [2.24, 2.45) is 0 Å². The highest BCUT2D eigenvalue weighted by Gasteiger charge is 2.31. The number of nitrogens with zero attached hydrogens (tertiary/aromatic N) is 2. The van der Waals surface area contributed by atoms with Gasteiger partial charge >= 0.3 is 0 Å². The molecule has 20 heavy (non-hydrogen) atoms. The molecule has 2 atom stereocenters. The van der Waals surface area contributed by atoms with E-state index in [9.17, 15) is 0 Å². The molecule has 2 unspecified atom stereocenters. The molecular weight excluding hydrogens is 246 g/mol. The Balaban J connectivity index is 1.37. The number of likely N-dealkylation sites (tertiary alicyclic amines) is 2. The summed E-state index contributed by atoms with van der Waals surface area (Å²) >= 11 is 0. The third-order valence-electron chi connectivity index (χ3n) is 5.32. The average Bonchev–Trinajstić information content (AvgIpc) is 3.19. The highest BCUT2D eigenvalue weighted by molar-refractivity contribution is 5.57. The van der Waals surface area contributed by atoms with Crippen LogP contribution in [0.1, 0.15) is 30.7 Å². The quantitative estimate of drug-likeness (QED) is 0.910. The van der Waals surface area contributed by atoms with Crippen LogP contribution in [-0.2, 0) is 0 Å². The normalized spacial score (nSPS) is 30.6. The summed E-state index contributed by atoms with van der Waals surface area (Å²) in [6.07, 6.45) is 4.20. The van der Waals surface area contributed by atoms with E-state index < -0.39 is 0 Å². The van der Waals surface area contributed by atoms with E-state index in [2.05, 4.69) is 39.4 Å².